The Morgan fingerprint density at radius 1 is 1.26 bits per heavy atom. The normalized spacial score (nSPS) is 16.8. The monoisotopic (exact) mass is 255 g/mol. The van der Waals surface area contributed by atoms with E-state index in [2.05, 4.69) is 4.98 Å². The van der Waals surface area contributed by atoms with E-state index in [0.29, 0.717) is 0 Å². The summed E-state index contributed by atoms with van der Waals surface area (Å²) in [6.07, 6.45) is 3.54. The first-order chi connectivity index (χ1) is 9.24. The van der Waals surface area contributed by atoms with Crippen LogP contribution in [0.3, 0.4) is 0 Å². The lowest BCUT2D eigenvalue weighted by atomic mass is 10.0. The van der Waals surface area contributed by atoms with E-state index >= 15 is 0 Å². The van der Waals surface area contributed by atoms with E-state index in [-0.39, 0.29) is 11.9 Å². The van der Waals surface area contributed by atoms with E-state index < -0.39 is 0 Å². The molecule has 0 bridgehead atoms. The Balaban J connectivity index is 1.85. The lowest BCUT2D eigenvalue weighted by Gasteiger charge is -2.30. The molecule has 1 aliphatic rings. The van der Waals surface area contributed by atoms with Gasteiger partial charge >= 0.3 is 0 Å². The first kappa shape index (κ1) is 12.1. The molecule has 1 aliphatic heterocycles. The fraction of sp³-hybridized carbons (Fsp3) is 0.333. The van der Waals surface area contributed by atoms with Crippen LogP contribution in [0.4, 0.5) is 0 Å². The first-order valence-electron chi connectivity index (χ1n) is 6.64. The number of aromatic nitrogens is 1. The summed E-state index contributed by atoms with van der Waals surface area (Å²) >= 11 is 0. The SMILES string of the molecule is NC1CCN(C(=O)c2ccc3ncccc3c2)CC1. The third-order valence-electron chi connectivity index (χ3n) is 3.68. The summed E-state index contributed by atoms with van der Waals surface area (Å²) in [5.74, 6) is 0.0950. The summed E-state index contributed by atoms with van der Waals surface area (Å²) < 4.78 is 0. The van der Waals surface area contributed by atoms with Crippen LogP contribution in [0.5, 0.6) is 0 Å². The molecule has 98 valence electrons. The Kier molecular flexibility index (Phi) is 3.17. The van der Waals surface area contributed by atoms with Gasteiger partial charge in [-0.05, 0) is 37.1 Å². The first-order valence-corrected chi connectivity index (χ1v) is 6.64. The van der Waals surface area contributed by atoms with Crippen LogP contribution in [0.15, 0.2) is 36.5 Å². The minimum atomic E-state index is 0.0950. The van der Waals surface area contributed by atoms with Gasteiger partial charge in [0.1, 0.15) is 0 Å². The molecule has 1 fully saturated rings. The lowest BCUT2D eigenvalue weighted by molar-refractivity contribution is 0.0715. The van der Waals surface area contributed by atoms with Crippen LogP contribution in [0.1, 0.15) is 23.2 Å². The van der Waals surface area contributed by atoms with E-state index in [0.717, 1.165) is 42.4 Å². The number of carbonyl (C=O) groups excluding carboxylic acids is 1. The molecule has 2 aromatic rings. The minimum Gasteiger partial charge on any atom is -0.339 e. The Labute approximate surface area is 112 Å². The number of piperidine rings is 1. The third kappa shape index (κ3) is 2.44. The van der Waals surface area contributed by atoms with Crippen molar-refractivity contribution in [3.8, 4) is 0 Å². The second kappa shape index (κ2) is 4.97. The van der Waals surface area contributed by atoms with E-state index in [1.165, 1.54) is 0 Å². The van der Waals surface area contributed by atoms with Crippen molar-refractivity contribution in [1.82, 2.24) is 9.88 Å². The number of nitrogens with zero attached hydrogens (tertiary/aromatic N) is 2. The Morgan fingerprint density at radius 2 is 2.05 bits per heavy atom. The molecule has 4 nitrogen and oxygen atoms in total. The zero-order valence-electron chi connectivity index (χ0n) is 10.7. The molecule has 0 atom stereocenters. The molecule has 1 aromatic carbocycles. The van der Waals surface area contributed by atoms with Crippen LogP contribution >= 0.6 is 0 Å². The molecule has 1 saturated heterocycles. The molecule has 0 unspecified atom stereocenters. The van der Waals surface area contributed by atoms with Crippen molar-refractivity contribution in [2.45, 2.75) is 18.9 Å². The zero-order valence-corrected chi connectivity index (χ0v) is 10.7. The Bertz CT molecular complexity index is 603. The van der Waals surface area contributed by atoms with Gasteiger partial charge in [0.15, 0.2) is 0 Å². The number of fused-ring (bicyclic) bond motifs is 1. The molecule has 2 heterocycles. The molecular weight excluding hydrogens is 238 g/mol. The van der Waals surface area contributed by atoms with Gasteiger partial charge in [-0.2, -0.15) is 0 Å². The summed E-state index contributed by atoms with van der Waals surface area (Å²) in [4.78, 5) is 18.6. The molecule has 1 amide bonds. The summed E-state index contributed by atoms with van der Waals surface area (Å²) in [5.41, 5.74) is 7.51. The molecule has 3 rings (SSSR count). The van der Waals surface area contributed by atoms with Crippen LogP contribution in [-0.4, -0.2) is 34.9 Å². The fourth-order valence-electron chi connectivity index (χ4n) is 2.49. The molecule has 0 spiro atoms. The molecule has 1 aromatic heterocycles. The van der Waals surface area contributed by atoms with Crippen LogP contribution in [0.25, 0.3) is 10.9 Å². The van der Waals surface area contributed by atoms with Crippen LogP contribution in [-0.2, 0) is 0 Å². The van der Waals surface area contributed by atoms with Gasteiger partial charge in [-0.15, -0.1) is 0 Å². The minimum absolute atomic E-state index is 0.0950. The van der Waals surface area contributed by atoms with E-state index in [1.807, 2.05) is 35.2 Å². The molecule has 0 radical (unpaired) electrons. The molecule has 2 N–H and O–H groups in total. The number of hydrogen-bond donors (Lipinski definition) is 1. The Morgan fingerprint density at radius 3 is 2.84 bits per heavy atom. The number of amides is 1. The van der Waals surface area contributed by atoms with Gasteiger partial charge in [0.25, 0.3) is 5.91 Å². The van der Waals surface area contributed by atoms with Crippen LogP contribution in [0, 0.1) is 0 Å². The van der Waals surface area contributed by atoms with E-state index in [1.54, 1.807) is 6.20 Å². The lowest BCUT2D eigenvalue weighted by Crippen LogP contribution is -2.42. The van der Waals surface area contributed by atoms with Gasteiger partial charge in [0, 0.05) is 36.3 Å². The van der Waals surface area contributed by atoms with Crippen molar-refractivity contribution in [2.24, 2.45) is 5.73 Å². The summed E-state index contributed by atoms with van der Waals surface area (Å²) in [5, 5.41) is 1.00. The third-order valence-corrected chi connectivity index (χ3v) is 3.68. The highest BCUT2D eigenvalue weighted by molar-refractivity contribution is 5.97. The van der Waals surface area contributed by atoms with Gasteiger partial charge in [-0.1, -0.05) is 6.07 Å². The number of pyridine rings is 1. The van der Waals surface area contributed by atoms with Crippen molar-refractivity contribution < 1.29 is 4.79 Å². The van der Waals surface area contributed by atoms with Gasteiger partial charge in [0.2, 0.25) is 0 Å². The highest BCUT2D eigenvalue weighted by atomic mass is 16.2. The molecule has 4 heteroatoms. The topological polar surface area (TPSA) is 59.2 Å². The predicted octanol–water partition coefficient (Wildman–Crippen LogP) is 1.80. The fourth-order valence-corrected chi connectivity index (χ4v) is 2.49. The molecule has 19 heavy (non-hydrogen) atoms. The quantitative estimate of drug-likeness (QED) is 0.845. The van der Waals surface area contributed by atoms with Gasteiger partial charge in [-0.25, -0.2) is 0 Å². The molecule has 0 aliphatic carbocycles. The second-order valence-corrected chi connectivity index (χ2v) is 5.04. The summed E-state index contributed by atoms with van der Waals surface area (Å²) in [6, 6.07) is 9.77. The van der Waals surface area contributed by atoms with Crippen molar-refractivity contribution >= 4 is 16.8 Å². The number of likely N-dealkylation sites (tertiary alicyclic amines) is 1. The van der Waals surface area contributed by atoms with Crippen molar-refractivity contribution in [3.05, 3.63) is 42.1 Å². The van der Waals surface area contributed by atoms with Crippen molar-refractivity contribution in [1.29, 1.82) is 0 Å². The highest BCUT2D eigenvalue weighted by Crippen LogP contribution is 2.17. The summed E-state index contributed by atoms with van der Waals surface area (Å²) in [7, 11) is 0. The number of nitrogens with two attached hydrogens (primary N) is 1. The maximum Gasteiger partial charge on any atom is 0.253 e. The van der Waals surface area contributed by atoms with Crippen molar-refractivity contribution in [3.63, 3.8) is 0 Å². The maximum absolute atomic E-state index is 12.4. The standard InChI is InChI=1S/C15H17N3O/c16-13-5-8-18(9-6-13)15(19)12-3-4-14-11(10-12)2-1-7-17-14/h1-4,7,10,13H,5-6,8-9,16H2. The van der Waals surface area contributed by atoms with Crippen LogP contribution < -0.4 is 5.73 Å². The van der Waals surface area contributed by atoms with Crippen molar-refractivity contribution in [2.75, 3.05) is 13.1 Å². The largest absolute Gasteiger partial charge is 0.339 e. The van der Waals surface area contributed by atoms with E-state index in [9.17, 15) is 4.79 Å². The average molecular weight is 255 g/mol. The summed E-state index contributed by atoms with van der Waals surface area (Å²) in [6.45, 7) is 1.51. The van der Waals surface area contributed by atoms with E-state index in [4.69, 9.17) is 5.73 Å². The average Bonchev–Trinajstić information content (AvgIpc) is 2.47. The smallest absolute Gasteiger partial charge is 0.253 e. The maximum atomic E-state index is 12.4. The number of hydrogen-bond acceptors (Lipinski definition) is 3. The van der Waals surface area contributed by atoms with Crippen LogP contribution in [0.2, 0.25) is 0 Å². The van der Waals surface area contributed by atoms with Gasteiger partial charge in [-0.3, -0.25) is 9.78 Å². The van der Waals surface area contributed by atoms with Gasteiger partial charge in [0.05, 0.1) is 5.52 Å². The number of rotatable bonds is 1. The number of carbonyl (C=O) groups is 1. The zero-order chi connectivity index (χ0) is 13.2. The molecule has 0 saturated carbocycles. The highest BCUT2D eigenvalue weighted by Gasteiger charge is 2.21. The Hall–Kier alpha value is -1.94. The predicted molar refractivity (Wildman–Crippen MR) is 74.9 cm³/mol. The number of benzene rings is 1. The molecular formula is C15H17N3O. The second-order valence-electron chi connectivity index (χ2n) is 5.04. The van der Waals surface area contributed by atoms with Gasteiger partial charge < -0.3 is 10.6 Å².